The van der Waals surface area contributed by atoms with Gasteiger partial charge in [0, 0.05) is 12.7 Å². The van der Waals surface area contributed by atoms with Crippen molar-refractivity contribution < 1.29 is 13.2 Å². The Kier molecular flexibility index (Phi) is 2.77. The van der Waals surface area contributed by atoms with Crippen LogP contribution in [0.1, 0.15) is 5.56 Å². The quantitative estimate of drug-likeness (QED) is 0.699. The molecule has 1 rings (SSSR count). The molecule has 0 saturated heterocycles. The minimum Gasteiger partial charge on any atom is -0.322 e. The molecule has 0 saturated carbocycles. The van der Waals surface area contributed by atoms with Crippen LogP contribution in [0.5, 0.6) is 0 Å². The molecular formula is C8H9F3N2. The van der Waals surface area contributed by atoms with Crippen molar-refractivity contribution in [2.45, 2.75) is 6.18 Å². The topological polar surface area (TPSA) is 24.1 Å². The van der Waals surface area contributed by atoms with Gasteiger partial charge in [-0.1, -0.05) is 6.07 Å². The Morgan fingerprint density at radius 1 is 1.23 bits per heavy atom. The van der Waals surface area contributed by atoms with Crippen LogP contribution in [0.4, 0.5) is 18.9 Å². The molecular weight excluding hydrogens is 181 g/mol. The number of benzene rings is 1. The Bertz CT molecular complexity index is 283. The summed E-state index contributed by atoms with van der Waals surface area (Å²) in [4.78, 5) is 0. The van der Waals surface area contributed by atoms with E-state index in [1.807, 2.05) is 0 Å². The molecule has 0 unspecified atom stereocenters. The van der Waals surface area contributed by atoms with Gasteiger partial charge in [-0.15, -0.1) is 0 Å². The van der Waals surface area contributed by atoms with Crippen LogP contribution in [-0.2, 0) is 6.18 Å². The monoisotopic (exact) mass is 190 g/mol. The predicted octanol–water partition coefficient (Wildman–Crippen LogP) is 2.25. The molecule has 0 amide bonds. The number of anilines is 1. The lowest BCUT2D eigenvalue weighted by atomic mass is 10.2. The normalized spacial score (nSPS) is 11.4. The number of hydrogen-bond donors (Lipinski definition) is 2. The van der Waals surface area contributed by atoms with Gasteiger partial charge >= 0.3 is 6.18 Å². The molecule has 0 aliphatic rings. The van der Waals surface area contributed by atoms with Crippen molar-refractivity contribution in [2.24, 2.45) is 0 Å². The Labute approximate surface area is 73.7 Å². The summed E-state index contributed by atoms with van der Waals surface area (Å²) in [7, 11) is 1.58. The van der Waals surface area contributed by atoms with Crippen molar-refractivity contribution in [3.05, 3.63) is 29.8 Å². The van der Waals surface area contributed by atoms with E-state index in [9.17, 15) is 13.2 Å². The molecule has 2 N–H and O–H groups in total. The molecule has 1 aromatic rings. The van der Waals surface area contributed by atoms with E-state index in [0.29, 0.717) is 5.69 Å². The molecule has 5 heteroatoms. The van der Waals surface area contributed by atoms with Crippen molar-refractivity contribution >= 4 is 5.69 Å². The number of hydrogen-bond acceptors (Lipinski definition) is 2. The number of hydrazine groups is 1. The average molecular weight is 190 g/mol. The third-order valence-corrected chi connectivity index (χ3v) is 1.46. The molecule has 72 valence electrons. The number of rotatable bonds is 2. The first kappa shape index (κ1) is 9.85. The molecule has 0 spiro atoms. The van der Waals surface area contributed by atoms with E-state index >= 15 is 0 Å². The highest BCUT2D eigenvalue weighted by Gasteiger charge is 2.30. The van der Waals surface area contributed by atoms with Crippen LogP contribution >= 0.6 is 0 Å². The lowest BCUT2D eigenvalue weighted by Crippen LogP contribution is -2.15. The molecule has 0 aliphatic carbocycles. The predicted molar refractivity (Wildman–Crippen MR) is 44.1 cm³/mol. The maximum Gasteiger partial charge on any atom is 0.416 e. The van der Waals surface area contributed by atoms with E-state index in [2.05, 4.69) is 10.9 Å². The number of halogens is 3. The minimum atomic E-state index is -4.29. The standard InChI is InChI=1S/C8H9F3N2/c1-12-13-7-4-2-3-6(5-7)8(9,10)11/h2-5,12-13H,1H3. The molecule has 1 aromatic carbocycles. The summed E-state index contributed by atoms with van der Waals surface area (Å²) in [6.45, 7) is 0. The summed E-state index contributed by atoms with van der Waals surface area (Å²) < 4.78 is 36.5. The fourth-order valence-corrected chi connectivity index (χ4v) is 0.918. The summed E-state index contributed by atoms with van der Waals surface area (Å²) in [5.41, 5.74) is 4.84. The minimum absolute atomic E-state index is 0.386. The van der Waals surface area contributed by atoms with Gasteiger partial charge < -0.3 is 5.43 Å². The first-order valence-electron chi connectivity index (χ1n) is 3.64. The van der Waals surface area contributed by atoms with Crippen LogP contribution < -0.4 is 10.9 Å². The molecule has 0 atom stereocenters. The van der Waals surface area contributed by atoms with Crippen LogP contribution in [0.2, 0.25) is 0 Å². The molecule has 0 fully saturated rings. The summed E-state index contributed by atoms with van der Waals surface area (Å²) in [5, 5.41) is 0. The number of alkyl halides is 3. The molecule has 0 aliphatic heterocycles. The fourth-order valence-electron chi connectivity index (χ4n) is 0.918. The van der Waals surface area contributed by atoms with E-state index in [1.54, 1.807) is 13.1 Å². The third kappa shape index (κ3) is 2.62. The molecule has 0 bridgehead atoms. The van der Waals surface area contributed by atoms with Crippen LogP contribution in [0.3, 0.4) is 0 Å². The summed E-state index contributed by atoms with van der Waals surface area (Å²) in [5.74, 6) is 0. The van der Waals surface area contributed by atoms with Crippen LogP contribution in [0, 0.1) is 0 Å². The average Bonchev–Trinajstić information content (AvgIpc) is 2.04. The fraction of sp³-hybridized carbons (Fsp3) is 0.250. The summed E-state index contributed by atoms with van der Waals surface area (Å²) >= 11 is 0. The van der Waals surface area contributed by atoms with Gasteiger partial charge in [0.15, 0.2) is 0 Å². The van der Waals surface area contributed by atoms with Crippen LogP contribution in [-0.4, -0.2) is 7.05 Å². The van der Waals surface area contributed by atoms with E-state index in [1.165, 1.54) is 6.07 Å². The van der Waals surface area contributed by atoms with Gasteiger partial charge in [-0.2, -0.15) is 13.2 Å². The van der Waals surface area contributed by atoms with E-state index < -0.39 is 11.7 Å². The zero-order valence-corrected chi connectivity index (χ0v) is 6.94. The highest BCUT2D eigenvalue weighted by molar-refractivity contribution is 5.45. The highest BCUT2D eigenvalue weighted by atomic mass is 19.4. The van der Waals surface area contributed by atoms with Gasteiger partial charge in [-0.3, -0.25) is 0 Å². The van der Waals surface area contributed by atoms with E-state index in [-0.39, 0.29) is 0 Å². The van der Waals surface area contributed by atoms with Crippen molar-refractivity contribution in [2.75, 3.05) is 12.5 Å². The first-order valence-corrected chi connectivity index (χ1v) is 3.64. The van der Waals surface area contributed by atoms with E-state index in [0.717, 1.165) is 12.1 Å². The van der Waals surface area contributed by atoms with Crippen LogP contribution in [0.15, 0.2) is 24.3 Å². The second-order valence-corrected chi connectivity index (χ2v) is 2.45. The Balaban J connectivity index is 2.92. The van der Waals surface area contributed by atoms with Gasteiger partial charge in [0.1, 0.15) is 0 Å². The largest absolute Gasteiger partial charge is 0.416 e. The molecule has 2 nitrogen and oxygen atoms in total. The highest BCUT2D eigenvalue weighted by Crippen LogP contribution is 2.30. The third-order valence-electron chi connectivity index (χ3n) is 1.46. The van der Waals surface area contributed by atoms with Crippen molar-refractivity contribution in [3.63, 3.8) is 0 Å². The van der Waals surface area contributed by atoms with Gasteiger partial charge in [-0.05, 0) is 18.2 Å². The van der Waals surface area contributed by atoms with Gasteiger partial charge in [0.05, 0.1) is 5.56 Å². The lowest BCUT2D eigenvalue weighted by molar-refractivity contribution is -0.137. The molecule has 0 aromatic heterocycles. The molecule has 13 heavy (non-hydrogen) atoms. The Morgan fingerprint density at radius 2 is 1.92 bits per heavy atom. The smallest absolute Gasteiger partial charge is 0.322 e. The SMILES string of the molecule is CNNc1cccc(C(F)(F)F)c1. The number of nitrogens with one attached hydrogen (secondary N) is 2. The van der Waals surface area contributed by atoms with Crippen molar-refractivity contribution in [3.8, 4) is 0 Å². The molecule has 0 radical (unpaired) electrons. The zero-order valence-electron chi connectivity index (χ0n) is 6.94. The Hall–Kier alpha value is -1.23. The summed E-state index contributed by atoms with van der Waals surface area (Å²) in [6.07, 6.45) is -4.29. The second kappa shape index (κ2) is 3.66. The van der Waals surface area contributed by atoms with Crippen LogP contribution in [0.25, 0.3) is 0 Å². The van der Waals surface area contributed by atoms with Crippen molar-refractivity contribution in [1.29, 1.82) is 0 Å². The van der Waals surface area contributed by atoms with Crippen molar-refractivity contribution in [1.82, 2.24) is 5.43 Å². The summed E-state index contributed by atoms with van der Waals surface area (Å²) in [6, 6.07) is 4.96. The first-order chi connectivity index (χ1) is 6.04. The maximum atomic E-state index is 12.2. The Morgan fingerprint density at radius 3 is 2.46 bits per heavy atom. The maximum absolute atomic E-state index is 12.2. The second-order valence-electron chi connectivity index (χ2n) is 2.45. The zero-order chi connectivity index (χ0) is 9.90. The van der Waals surface area contributed by atoms with E-state index in [4.69, 9.17) is 0 Å². The van der Waals surface area contributed by atoms with Gasteiger partial charge in [-0.25, -0.2) is 5.43 Å². The van der Waals surface area contributed by atoms with Gasteiger partial charge in [0.25, 0.3) is 0 Å². The lowest BCUT2D eigenvalue weighted by Gasteiger charge is -2.09. The van der Waals surface area contributed by atoms with Gasteiger partial charge in [0.2, 0.25) is 0 Å². The molecule has 0 heterocycles.